The number of hydrogen-bond acceptors (Lipinski definition) is 3. The van der Waals surface area contributed by atoms with Crippen molar-refractivity contribution in [2.24, 2.45) is 5.73 Å². The molecule has 0 saturated carbocycles. The highest BCUT2D eigenvalue weighted by molar-refractivity contribution is 5.79. The van der Waals surface area contributed by atoms with Crippen LogP contribution in [0.3, 0.4) is 0 Å². The minimum Gasteiger partial charge on any atom is -0.483 e. The first-order valence-electron chi connectivity index (χ1n) is 2.80. The fourth-order valence-corrected chi connectivity index (χ4v) is 0.288. The summed E-state index contributed by atoms with van der Waals surface area (Å²) in [5.74, 6) is -1.23. The molecule has 0 aliphatic heterocycles. The summed E-state index contributed by atoms with van der Waals surface area (Å²) in [5.41, 5.74) is 4.93. The molecule has 0 radical (unpaired) electrons. The minimum atomic E-state index is -0.993. The van der Waals surface area contributed by atoms with Crippen LogP contribution in [-0.2, 0) is 9.59 Å². The maximum Gasteiger partial charge on any atom is 0.323 e. The van der Waals surface area contributed by atoms with Gasteiger partial charge in [-0.1, -0.05) is 0 Å². The van der Waals surface area contributed by atoms with Gasteiger partial charge in [0.25, 0.3) is 6.47 Å². The predicted octanol–water partition coefficient (Wildman–Crippen LogP) is -1.40. The van der Waals surface area contributed by atoms with Gasteiger partial charge in [-0.15, -0.1) is 0 Å². The molecule has 7 heteroatoms. The molecule has 0 aromatic carbocycles. The molecule has 0 spiro atoms. The van der Waals surface area contributed by atoms with Crippen molar-refractivity contribution in [3.05, 3.63) is 0 Å². The Labute approximate surface area is 68.9 Å². The maximum absolute atomic E-state index is 9.92. The average Bonchev–Trinajstić information content (AvgIpc) is 1.87. The van der Waals surface area contributed by atoms with Gasteiger partial charge in [0.05, 0.1) is 0 Å². The quantitative estimate of drug-likeness (QED) is 0.233. The van der Waals surface area contributed by atoms with Crippen molar-refractivity contribution in [3.63, 3.8) is 0 Å². The topological polar surface area (TPSA) is 128 Å². The van der Waals surface area contributed by atoms with E-state index in [9.17, 15) is 4.79 Å². The van der Waals surface area contributed by atoms with Gasteiger partial charge in [0.2, 0.25) is 0 Å². The number of nitrogens with two attached hydrogens (primary N) is 1. The zero-order chi connectivity index (χ0) is 10.1. The summed E-state index contributed by atoms with van der Waals surface area (Å²) < 4.78 is 0. The van der Waals surface area contributed by atoms with Crippen molar-refractivity contribution in [1.82, 2.24) is 4.90 Å². The minimum absolute atomic E-state index is 0.227. The van der Waals surface area contributed by atoms with Crippen LogP contribution in [0.1, 0.15) is 0 Å². The highest BCUT2D eigenvalue weighted by atomic mass is 16.4. The summed E-state index contributed by atoms with van der Waals surface area (Å²) in [6.45, 7) is -0.477. The van der Waals surface area contributed by atoms with Crippen LogP contribution >= 0.6 is 0 Å². The summed E-state index contributed by atoms with van der Waals surface area (Å²) in [5, 5.41) is 21.8. The van der Waals surface area contributed by atoms with Crippen molar-refractivity contribution >= 4 is 18.4 Å². The van der Waals surface area contributed by atoms with Gasteiger partial charge >= 0.3 is 5.97 Å². The first kappa shape index (κ1) is 12.8. The molecule has 0 aromatic heterocycles. The Morgan fingerprint density at radius 1 is 1.75 bits per heavy atom. The number of aliphatic carboxylic acids is 1. The second kappa shape index (κ2) is 7.32. The molecule has 0 bridgehead atoms. The Kier molecular flexibility index (Phi) is 7.84. The van der Waals surface area contributed by atoms with Crippen LogP contribution in [0.25, 0.3) is 0 Å². The standard InChI is InChI=1S/C4H9N3O2.CH2O2/c1-7(4(5)6)2-3(8)9;2-1-3/h2H2,1H3,(H3,5,6)(H,8,9);1H,(H,2,3). The van der Waals surface area contributed by atoms with E-state index in [0.717, 1.165) is 4.90 Å². The fourth-order valence-electron chi connectivity index (χ4n) is 0.288. The number of guanidine groups is 1. The molecule has 0 aromatic rings. The van der Waals surface area contributed by atoms with E-state index in [1.54, 1.807) is 0 Å². The number of nitrogens with one attached hydrogen (secondary N) is 1. The van der Waals surface area contributed by atoms with Gasteiger partial charge < -0.3 is 20.8 Å². The average molecular weight is 177 g/mol. The van der Waals surface area contributed by atoms with Crippen LogP contribution in [0.5, 0.6) is 0 Å². The second-order valence-corrected chi connectivity index (χ2v) is 1.74. The molecule has 0 rings (SSSR count). The third-order valence-electron chi connectivity index (χ3n) is 0.784. The van der Waals surface area contributed by atoms with Crippen LogP contribution in [-0.4, -0.2) is 47.1 Å². The largest absolute Gasteiger partial charge is 0.483 e. The molecule has 0 aliphatic carbocycles. The first-order chi connectivity index (χ1) is 5.45. The van der Waals surface area contributed by atoms with Gasteiger partial charge in [0.15, 0.2) is 5.96 Å². The molecule has 70 valence electrons. The number of carboxylic acid groups (broad SMARTS) is 2. The predicted molar refractivity (Wildman–Crippen MR) is 40.9 cm³/mol. The van der Waals surface area contributed by atoms with Crippen LogP contribution in [0.4, 0.5) is 0 Å². The Morgan fingerprint density at radius 3 is 2.17 bits per heavy atom. The van der Waals surface area contributed by atoms with E-state index >= 15 is 0 Å². The molecule has 0 unspecified atom stereocenters. The lowest BCUT2D eigenvalue weighted by atomic mass is 10.6. The van der Waals surface area contributed by atoms with Gasteiger partial charge in [-0.3, -0.25) is 15.0 Å². The fraction of sp³-hybridized carbons (Fsp3) is 0.400. The molecule has 0 atom stereocenters. The Bertz CT molecular complexity index is 170. The van der Waals surface area contributed by atoms with Crippen LogP contribution in [0.15, 0.2) is 0 Å². The summed E-state index contributed by atoms with van der Waals surface area (Å²) in [4.78, 5) is 19.4. The van der Waals surface area contributed by atoms with Crippen molar-refractivity contribution < 1.29 is 19.8 Å². The van der Waals surface area contributed by atoms with Gasteiger partial charge in [0, 0.05) is 7.05 Å². The van der Waals surface area contributed by atoms with E-state index in [1.807, 2.05) is 0 Å². The molecule has 0 saturated heterocycles. The zero-order valence-electron chi connectivity index (χ0n) is 6.52. The highest BCUT2D eigenvalue weighted by Gasteiger charge is 2.03. The Hall–Kier alpha value is -1.79. The van der Waals surface area contributed by atoms with Crippen LogP contribution in [0.2, 0.25) is 0 Å². The maximum atomic E-state index is 9.92. The molecule has 0 heterocycles. The number of carbonyl (C=O) groups is 2. The number of likely N-dealkylation sites (N-methyl/N-ethyl adjacent to an activating group) is 1. The molecule has 0 amide bonds. The van der Waals surface area contributed by atoms with Crippen LogP contribution < -0.4 is 5.73 Å². The lowest BCUT2D eigenvalue weighted by Crippen LogP contribution is -2.36. The van der Waals surface area contributed by atoms with Crippen molar-refractivity contribution in [3.8, 4) is 0 Å². The second-order valence-electron chi connectivity index (χ2n) is 1.74. The smallest absolute Gasteiger partial charge is 0.323 e. The summed E-state index contributed by atoms with van der Waals surface area (Å²) >= 11 is 0. The SMILES string of the molecule is CN(CC(=O)O)C(=N)N.O=CO. The van der Waals surface area contributed by atoms with E-state index in [-0.39, 0.29) is 19.0 Å². The highest BCUT2D eigenvalue weighted by Crippen LogP contribution is 1.76. The van der Waals surface area contributed by atoms with E-state index in [0.29, 0.717) is 0 Å². The molecular formula is C5H11N3O4. The van der Waals surface area contributed by atoms with Gasteiger partial charge in [-0.05, 0) is 0 Å². The van der Waals surface area contributed by atoms with E-state index in [1.165, 1.54) is 7.05 Å². The van der Waals surface area contributed by atoms with E-state index in [4.69, 9.17) is 26.2 Å². The van der Waals surface area contributed by atoms with Crippen molar-refractivity contribution in [1.29, 1.82) is 5.41 Å². The molecule has 0 fully saturated rings. The molecule has 0 aliphatic rings. The van der Waals surface area contributed by atoms with E-state index in [2.05, 4.69) is 0 Å². The number of rotatable bonds is 2. The van der Waals surface area contributed by atoms with Gasteiger partial charge in [0.1, 0.15) is 6.54 Å². The van der Waals surface area contributed by atoms with Crippen molar-refractivity contribution in [2.45, 2.75) is 0 Å². The Morgan fingerprint density at radius 2 is 2.08 bits per heavy atom. The third-order valence-corrected chi connectivity index (χ3v) is 0.784. The third kappa shape index (κ3) is 11.1. The number of carboxylic acids is 1. The van der Waals surface area contributed by atoms with E-state index < -0.39 is 5.97 Å². The first-order valence-corrected chi connectivity index (χ1v) is 2.80. The normalized spacial score (nSPS) is 7.42. The summed E-state index contributed by atoms with van der Waals surface area (Å²) in [6, 6.07) is 0. The monoisotopic (exact) mass is 177 g/mol. The van der Waals surface area contributed by atoms with Crippen molar-refractivity contribution in [2.75, 3.05) is 13.6 Å². The van der Waals surface area contributed by atoms with Gasteiger partial charge in [-0.2, -0.15) is 0 Å². The molecular weight excluding hydrogens is 166 g/mol. The number of hydrogen-bond donors (Lipinski definition) is 4. The zero-order valence-corrected chi connectivity index (χ0v) is 6.52. The van der Waals surface area contributed by atoms with Crippen LogP contribution in [0, 0.1) is 5.41 Å². The molecule has 7 nitrogen and oxygen atoms in total. The van der Waals surface area contributed by atoms with Gasteiger partial charge in [-0.25, -0.2) is 0 Å². The molecule has 12 heavy (non-hydrogen) atoms. The molecule has 5 N–H and O–H groups in total. The lowest BCUT2D eigenvalue weighted by Gasteiger charge is -2.12. The Balaban J connectivity index is 0. The number of nitrogens with zero attached hydrogens (tertiary/aromatic N) is 1. The lowest BCUT2D eigenvalue weighted by molar-refractivity contribution is -0.137. The summed E-state index contributed by atoms with van der Waals surface area (Å²) in [6.07, 6.45) is 0. The summed E-state index contributed by atoms with van der Waals surface area (Å²) in [7, 11) is 1.44.